The zero-order chi connectivity index (χ0) is 10.9. The lowest BCUT2D eigenvalue weighted by Crippen LogP contribution is -1.77. The molecule has 0 aromatic heterocycles. The van der Waals surface area contributed by atoms with Gasteiger partial charge in [0.1, 0.15) is 0 Å². The third kappa shape index (κ3) is 5.07. The van der Waals surface area contributed by atoms with Gasteiger partial charge in [0.2, 0.25) is 0 Å². The highest BCUT2D eigenvalue weighted by Gasteiger charge is 1.87. The van der Waals surface area contributed by atoms with E-state index in [0.29, 0.717) is 5.33 Å². The molecule has 0 aliphatic carbocycles. The second kappa shape index (κ2) is 7.57. The molecule has 76 valence electrons. The lowest BCUT2D eigenvalue weighted by atomic mass is 10.1. The Labute approximate surface area is 108 Å². The van der Waals surface area contributed by atoms with Crippen LogP contribution in [0.15, 0.2) is 24.3 Å². The summed E-state index contributed by atoms with van der Waals surface area (Å²) in [6.07, 6.45) is 0.880. The van der Waals surface area contributed by atoms with Crippen molar-refractivity contribution in [2.24, 2.45) is 0 Å². The van der Waals surface area contributed by atoms with Crippen LogP contribution in [0.1, 0.15) is 17.5 Å². The number of alkyl halides is 2. The van der Waals surface area contributed by atoms with E-state index in [-0.39, 0.29) is 0 Å². The summed E-state index contributed by atoms with van der Waals surface area (Å²) in [4.78, 5) is 0. The third-order valence-electron chi connectivity index (χ3n) is 1.64. The maximum Gasteiger partial charge on any atom is 0.0649 e. The smallest absolute Gasteiger partial charge is 0.0649 e. The number of benzene rings is 1. The zero-order valence-electron chi connectivity index (χ0n) is 8.19. The fourth-order valence-corrected chi connectivity index (χ4v) is 1.32. The molecule has 0 saturated heterocycles. The normalized spacial score (nSPS) is 8.40. The molecule has 0 bridgehead atoms. The Morgan fingerprint density at radius 2 is 1.40 bits per heavy atom. The van der Waals surface area contributed by atoms with Gasteiger partial charge in [-0.25, -0.2) is 0 Å². The number of rotatable bonds is 1. The molecule has 0 spiro atoms. The molecule has 0 N–H and O–H groups in total. The van der Waals surface area contributed by atoms with Gasteiger partial charge in [0.05, 0.1) is 5.33 Å². The van der Waals surface area contributed by atoms with Crippen molar-refractivity contribution >= 4 is 31.9 Å². The second-order valence-electron chi connectivity index (χ2n) is 2.75. The Balaban J connectivity index is 2.69. The minimum absolute atomic E-state index is 0.708. The first kappa shape index (κ1) is 12.4. The monoisotopic (exact) mass is 324 g/mol. The molecular formula is C13H10Br2. The molecule has 0 radical (unpaired) electrons. The average molecular weight is 326 g/mol. The van der Waals surface area contributed by atoms with Crippen molar-refractivity contribution in [2.45, 2.75) is 6.42 Å². The molecule has 0 nitrogen and oxygen atoms in total. The van der Waals surface area contributed by atoms with Crippen LogP contribution < -0.4 is 0 Å². The summed E-state index contributed by atoms with van der Waals surface area (Å²) in [6, 6.07) is 7.99. The summed E-state index contributed by atoms with van der Waals surface area (Å²) in [5.41, 5.74) is 2.07. The lowest BCUT2D eigenvalue weighted by Gasteiger charge is -1.91. The van der Waals surface area contributed by atoms with Crippen LogP contribution in [0, 0.1) is 23.7 Å². The van der Waals surface area contributed by atoms with Gasteiger partial charge >= 0.3 is 0 Å². The Morgan fingerprint density at radius 1 is 0.867 bits per heavy atom. The first-order valence-electron chi connectivity index (χ1n) is 4.56. The van der Waals surface area contributed by atoms with E-state index in [4.69, 9.17) is 0 Å². The van der Waals surface area contributed by atoms with E-state index in [2.05, 4.69) is 55.5 Å². The Hall–Kier alpha value is -0.700. The van der Waals surface area contributed by atoms with Crippen molar-refractivity contribution < 1.29 is 0 Å². The topological polar surface area (TPSA) is 0 Å². The minimum atomic E-state index is 0.708. The first-order valence-corrected chi connectivity index (χ1v) is 6.81. The number of hydrogen-bond acceptors (Lipinski definition) is 0. The third-order valence-corrected chi connectivity index (χ3v) is 2.31. The molecule has 0 atom stereocenters. The van der Waals surface area contributed by atoms with Gasteiger partial charge in [-0.15, -0.1) is 0 Å². The Morgan fingerprint density at radius 3 is 1.87 bits per heavy atom. The molecule has 2 heteroatoms. The molecule has 0 heterocycles. The van der Waals surface area contributed by atoms with E-state index in [1.54, 1.807) is 0 Å². The highest BCUT2D eigenvalue weighted by molar-refractivity contribution is 9.09. The number of hydrogen-bond donors (Lipinski definition) is 0. The highest BCUT2D eigenvalue weighted by atomic mass is 79.9. The van der Waals surface area contributed by atoms with Crippen LogP contribution >= 0.6 is 31.9 Å². The Bertz CT molecular complexity index is 410. The van der Waals surface area contributed by atoms with Crippen LogP contribution in [-0.2, 0) is 0 Å². The van der Waals surface area contributed by atoms with Gasteiger partial charge in [0.15, 0.2) is 0 Å². The predicted molar refractivity (Wildman–Crippen MR) is 72.4 cm³/mol. The van der Waals surface area contributed by atoms with Gasteiger partial charge in [0, 0.05) is 22.9 Å². The maximum absolute atomic E-state index is 3.34. The second-order valence-corrected chi connectivity index (χ2v) is 4.11. The minimum Gasteiger partial charge on any atom is -0.0970 e. The molecule has 15 heavy (non-hydrogen) atoms. The van der Waals surface area contributed by atoms with E-state index < -0.39 is 0 Å². The van der Waals surface area contributed by atoms with Crippen molar-refractivity contribution in [3.63, 3.8) is 0 Å². The van der Waals surface area contributed by atoms with Crippen LogP contribution in [-0.4, -0.2) is 10.7 Å². The lowest BCUT2D eigenvalue weighted by molar-refractivity contribution is 1.32. The van der Waals surface area contributed by atoms with E-state index in [1.807, 2.05) is 24.3 Å². The SMILES string of the molecule is BrCC#Cc1ccc(C#CCCBr)cc1. The van der Waals surface area contributed by atoms with E-state index >= 15 is 0 Å². The summed E-state index contributed by atoms with van der Waals surface area (Å²) in [7, 11) is 0. The largest absolute Gasteiger partial charge is 0.0970 e. The Kier molecular flexibility index (Phi) is 6.25. The summed E-state index contributed by atoms with van der Waals surface area (Å²) in [6.45, 7) is 0. The van der Waals surface area contributed by atoms with Gasteiger partial charge in [-0.05, 0) is 24.3 Å². The van der Waals surface area contributed by atoms with Crippen molar-refractivity contribution in [1.82, 2.24) is 0 Å². The van der Waals surface area contributed by atoms with Crippen molar-refractivity contribution in [3.05, 3.63) is 35.4 Å². The van der Waals surface area contributed by atoms with Gasteiger partial charge in [-0.1, -0.05) is 55.5 Å². The summed E-state index contributed by atoms with van der Waals surface area (Å²) in [5, 5.41) is 1.63. The zero-order valence-corrected chi connectivity index (χ0v) is 11.4. The van der Waals surface area contributed by atoms with Crippen LogP contribution in [0.4, 0.5) is 0 Å². The molecule has 0 aliphatic heterocycles. The summed E-state index contributed by atoms with van der Waals surface area (Å²) >= 11 is 6.60. The summed E-state index contributed by atoms with van der Waals surface area (Å²) in [5.74, 6) is 12.2. The van der Waals surface area contributed by atoms with Crippen LogP contribution in [0.5, 0.6) is 0 Å². The van der Waals surface area contributed by atoms with E-state index in [0.717, 1.165) is 22.9 Å². The van der Waals surface area contributed by atoms with Gasteiger partial charge in [-0.3, -0.25) is 0 Å². The van der Waals surface area contributed by atoms with Gasteiger partial charge < -0.3 is 0 Å². The van der Waals surface area contributed by atoms with Gasteiger partial charge in [0.25, 0.3) is 0 Å². The molecule has 0 saturated carbocycles. The van der Waals surface area contributed by atoms with E-state index in [9.17, 15) is 0 Å². The van der Waals surface area contributed by atoms with Crippen molar-refractivity contribution in [3.8, 4) is 23.7 Å². The standard InChI is InChI=1S/C13H10Br2/c14-10-2-1-4-12-6-8-13(9-7-12)5-3-11-15/h6-9H,2,10-11H2. The van der Waals surface area contributed by atoms with Crippen LogP contribution in [0.2, 0.25) is 0 Å². The van der Waals surface area contributed by atoms with Gasteiger partial charge in [-0.2, -0.15) is 0 Å². The maximum atomic E-state index is 3.34. The molecule has 0 aliphatic rings. The predicted octanol–water partition coefficient (Wildman–Crippen LogP) is 3.57. The first-order chi connectivity index (χ1) is 7.36. The molecule has 1 rings (SSSR count). The molecule has 0 amide bonds. The fraction of sp³-hybridized carbons (Fsp3) is 0.231. The molecule has 1 aromatic rings. The van der Waals surface area contributed by atoms with E-state index in [1.165, 1.54) is 0 Å². The average Bonchev–Trinajstić information content (AvgIpc) is 2.28. The van der Waals surface area contributed by atoms with Crippen LogP contribution in [0.25, 0.3) is 0 Å². The fourth-order valence-electron chi connectivity index (χ4n) is 0.984. The molecule has 0 unspecified atom stereocenters. The summed E-state index contributed by atoms with van der Waals surface area (Å²) < 4.78 is 0. The highest BCUT2D eigenvalue weighted by Crippen LogP contribution is 2.02. The quantitative estimate of drug-likeness (QED) is 0.547. The molecule has 1 aromatic carbocycles. The van der Waals surface area contributed by atoms with Crippen molar-refractivity contribution in [2.75, 3.05) is 10.7 Å². The number of halogens is 2. The molecular weight excluding hydrogens is 316 g/mol. The molecule has 0 fully saturated rings. The van der Waals surface area contributed by atoms with Crippen molar-refractivity contribution in [1.29, 1.82) is 0 Å². The van der Waals surface area contributed by atoms with Crippen LogP contribution in [0.3, 0.4) is 0 Å².